The molecule has 1 atom stereocenters. The molecule has 6 heteroatoms. The average molecular weight is 296 g/mol. The molecule has 20 heavy (non-hydrogen) atoms. The van der Waals surface area contributed by atoms with Gasteiger partial charge in [-0.2, -0.15) is 11.3 Å². The van der Waals surface area contributed by atoms with Crippen LogP contribution in [-0.2, 0) is 14.3 Å². The van der Waals surface area contributed by atoms with Crippen LogP contribution in [0.3, 0.4) is 0 Å². The predicted molar refractivity (Wildman–Crippen MR) is 76.6 cm³/mol. The maximum atomic E-state index is 12.7. The number of carbonyl (C=O) groups excluding carboxylic acids is 1. The first-order valence-electron chi connectivity index (χ1n) is 6.99. The van der Waals surface area contributed by atoms with Gasteiger partial charge in [-0.1, -0.05) is 0 Å². The Labute approximate surface area is 122 Å². The molecule has 3 rings (SSSR count). The number of amides is 1. The first-order valence-corrected chi connectivity index (χ1v) is 7.93. The van der Waals surface area contributed by atoms with E-state index in [4.69, 9.17) is 15.2 Å². The molecule has 0 radical (unpaired) electrons. The lowest BCUT2D eigenvalue weighted by Gasteiger charge is -2.40. The summed E-state index contributed by atoms with van der Waals surface area (Å²) in [6.07, 6.45) is 1.18. The van der Waals surface area contributed by atoms with E-state index in [1.54, 1.807) is 11.3 Å². The zero-order valence-electron chi connectivity index (χ0n) is 11.4. The summed E-state index contributed by atoms with van der Waals surface area (Å²) in [5, 5.41) is 4.10. The van der Waals surface area contributed by atoms with Crippen LogP contribution in [0.25, 0.3) is 0 Å². The standard InChI is InChI=1S/C14H20N2O3S/c15-14(2-5-18-6-3-14)13(17)16-4-7-19-12(9-16)11-1-8-20-10-11/h1,8,10,12H,2-7,9,15H2. The van der Waals surface area contributed by atoms with Gasteiger partial charge in [-0.3, -0.25) is 4.79 Å². The third kappa shape index (κ3) is 2.74. The Hall–Kier alpha value is -0.950. The second-order valence-corrected chi connectivity index (χ2v) is 6.22. The van der Waals surface area contributed by atoms with Gasteiger partial charge in [0.25, 0.3) is 0 Å². The van der Waals surface area contributed by atoms with Crippen molar-refractivity contribution in [2.45, 2.75) is 24.5 Å². The molecule has 110 valence electrons. The Kier molecular flexibility index (Phi) is 4.07. The summed E-state index contributed by atoms with van der Waals surface area (Å²) in [5.74, 6) is 0.0457. The summed E-state index contributed by atoms with van der Waals surface area (Å²) in [5.41, 5.74) is 6.68. The van der Waals surface area contributed by atoms with Gasteiger partial charge in [0, 0.05) is 19.8 Å². The van der Waals surface area contributed by atoms with E-state index in [1.165, 1.54) is 0 Å². The van der Waals surface area contributed by atoms with Crippen LogP contribution in [0.2, 0.25) is 0 Å². The highest BCUT2D eigenvalue weighted by Gasteiger charge is 2.40. The fourth-order valence-electron chi connectivity index (χ4n) is 2.76. The van der Waals surface area contributed by atoms with E-state index in [1.807, 2.05) is 10.3 Å². The van der Waals surface area contributed by atoms with Gasteiger partial charge >= 0.3 is 0 Å². The van der Waals surface area contributed by atoms with Crippen molar-refractivity contribution in [3.05, 3.63) is 22.4 Å². The van der Waals surface area contributed by atoms with Crippen LogP contribution in [0.5, 0.6) is 0 Å². The molecule has 0 bridgehead atoms. The first-order chi connectivity index (χ1) is 9.69. The zero-order valence-corrected chi connectivity index (χ0v) is 12.2. The van der Waals surface area contributed by atoms with Crippen molar-refractivity contribution in [3.63, 3.8) is 0 Å². The quantitative estimate of drug-likeness (QED) is 0.889. The molecule has 2 saturated heterocycles. The van der Waals surface area contributed by atoms with Crippen molar-refractivity contribution in [2.24, 2.45) is 5.73 Å². The highest BCUT2D eigenvalue weighted by atomic mass is 32.1. The van der Waals surface area contributed by atoms with E-state index in [0.717, 1.165) is 5.56 Å². The van der Waals surface area contributed by atoms with Crippen molar-refractivity contribution >= 4 is 17.2 Å². The summed E-state index contributed by atoms with van der Waals surface area (Å²) in [6, 6.07) is 2.05. The topological polar surface area (TPSA) is 64.8 Å². The molecular formula is C14H20N2O3S. The normalized spacial score (nSPS) is 26.4. The number of thiophene rings is 1. The number of carbonyl (C=O) groups is 1. The molecule has 0 aliphatic carbocycles. The SMILES string of the molecule is NC1(C(=O)N2CCOC(c3ccsc3)C2)CCOCC1. The summed E-state index contributed by atoms with van der Waals surface area (Å²) in [7, 11) is 0. The van der Waals surface area contributed by atoms with Crippen LogP contribution in [0.15, 0.2) is 16.8 Å². The molecule has 5 nitrogen and oxygen atoms in total. The third-order valence-corrected chi connectivity index (χ3v) is 4.78. The summed E-state index contributed by atoms with van der Waals surface area (Å²) >= 11 is 1.65. The Morgan fingerprint density at radius 3 is 2.90 bits per heavy atom. The zero-order chi connectivity index (χ0) is 14.0. The molecule has 2 fully saturated rings. The maximum Gasteiger partial charge on any atom is 0.243 e. The summed E-state index contributed by atoms with van der Waals surface area (Å²) in [6.45, 7) is 2.93. The molecule has 1 aromatic heterocycles. The summed E-state index contributed by atoms with van der Waals surface area (Å²) < 4.78 is 11.1. The van der Waals surface area contributed by atoms with Crippen LogP contribution in [0.4, 0.5) is 0 Å². The molecule has 3 heterocycles. The second-order valence-electron chi connectivity index (χ2n) is 5.44. The smallest absolute Gasteiger partial charge is 0.243 e. The highest BCUT2D eigenvalue weighted by Crippen LogP contribution is 2.27. The molecular weight excluding hydrogens is 276 g/mol. The van der Waals surface area contributed by atoms with Crippen molar-refractivity contribution in [1.29, 1.82) is 0 Å². The van der Waals surface area contributed by atoms with Crippen LogP contribution in [-0.4, -0.2) is 49.3 Å². The molecule has 1 unspecified atom stereocenters. The Morgan fingerprint density at radius 2 is 2.20 bits per heavy atom. The summed E-state index contributed by atoms with van der Waals surface area (Å²) in [4.78, 5) is 14.5. The Balaban J connectivity index is 1.68. The molecule has 0 spiro atoms. The number of nitrogens with two attached hydrogens (primary N) is 1. The van der Waals surface area contributed by atoms with Crippen molar-refractivity contribution in [2.75, 3.05) is 32.9 Å². The number of hydrogen-bond acceptors (Lipinski definition) is 5. The van der Waals surface area contributed by atoms with Gasteiger partial charge in [0.2, 0.25) is 5.91 Å². The number of rotatable bonds is 2. The average Bonchev–Trinajstić information content (AvgIpc) is 3.02. The van der Waals surface area contributed by atoms with Gasteiger partial charge in [-0.25, -0.2) is 0 Å². The van der Waals surface area contributed by atoms with E-state index in [9.17, 15) is 4.79 Å². The molecule has 1 amide bonds. The molecule has 2 N–H and O–H groups in total. The molecule has 0 aromatic carbocycles. The lowest BCUT2D eigenvalue weighted by Crippen LogP contribution is -2.60. The fourth-order valence-corrected chi connectivity index (χ4v) is 3.46. The number of ether oxygens (including phenoxy) is 2. The van der Waals surface area contributed by atoms with Gasteiger partial charge < -0.3 is 20.1 Å². The van der Waals surface area contributed by atoms with E-state index < -0.39 is 5.54 Å². The number of nitrogens with zero attached hydrogens (tertiary/aromatic N) is 1. The van der Waals surface area contributed by atoms with Crippen molar-refractivity contribution in [1.82, 2.24) is 4.90 Å². The van der Waals surface area contributed by atoms with Crippen LogP contribution >= 0.6 is 11.3 Å². The lowest BCUT2D eigenvalue weighted by molar-refractivity contribution is -0.148. The van der Waals surface area contributed by atoms with Gasteiger partial charge in [-0.15, -0.1) is 0 Å². The van der Waals surface area contributed by atoms with Crippen molar-refractivity contribution in [3.8, 4) is 0 Å². The second kappa shape index (κ2) is 5.81. The highest BCUT2D eigenvalue weighted by molar-refractivity contribution is 7.07. The monoisotopic (exact) mass is 296 g/mol. The minimum absolute atomic E-state index is 0.0256. The van der Waals surface area contributed by atoms with E-state index in [0.29, 0.717) is 45.8 Å². The number of hydrogen-bond donors (Lipinski definition) is 1. The van der Waals surface area contributed by atoms with Gasteiger partial charge in [0.1, 0.15) is 6.10 Å². The van der Waals surface area contributed by atoms with Gasteiger partial charge in [-0.05, 0) is 35.2 Å². The molecule has 0 saturated carbocycles. The first kappa shape index (κ1) is 14.0. The lowest BCUT2D eigenvalue weighted by atomic mass is 9.89. The number of morpholine rings is 1. The van der Waals surface area contributed by atoms with E-state index in [2.05, 4.69) is 11.4 Å². The van der Waals surface area contributed by atoms with Gasteiger partial charge in [0.15, 0.2) is 0 Å². The molecule has 1 aromatic rings. The Morgan fingerprint density at radius 1 is 1.40 bits per heavy atom. The Bertz CT molecular complexity index is 457. The van der Waals surface area contributed by atoms with E-state index >= 15 is 0 Å². The van der Waals surface area contributed by atoms with E-state index in [-0.39, 0.29) is 12.0 Å². The van der Waals surface area contributed by atoms with Crippen LogP contribution < -0.4 is 5.73 Å². The van der Waals surface area contributed by atoms with Crippen molar-refractivity contribution < 1.29 is 14.3 Å². The van der Waals surface area contributed by atoms with Crippen LogP contribution in [0, 0.1) is 0 Å². The third-order valence-electron chi connectivity index (χ3n) is 4.08. The minimum Gasteiger partial charge on any atom is -0.381 e. The molecule has 2 aliphatic heterocycles. The molecule has 2 aliphatic rings. The largest absolute Gasteiger partial charge is 0.381 e. The predicted octanol–water partition coefficient (Wildman–Crippen LogP) is 1.16. The van der Waals surface area contributed by atoms with Crippen LogP contribution in [0.1, 0.15) is 24.5 Å². The maximum absolute atomic E-state index is 12.7. The van der Waals surface area contributed by atoms with Gasteiger partial charge in [0.05, 0.1) is 18.7 Å². The minimum atomic E-state index is -0.755. The fraction of sp³-hybridized carbons (Fsp3) is 0.643.